The Morgan fingerprint density at radius 1 is 0.759 bits per heavy atom. The summed E-state index contributed by atoms with van der Waals surface area (Å²) < 4.78 is 0. The Balaban J connectivity index is 1.74. The minimum absolute atomic E-state index is 0.193. The van der Waals surface area contributed by atoms with Crippen LogP contribution in [0.1, 0.15) is 18.1 Å². The van der Waals surface area contributed by atoms with Gasteiger partial charge in [-0.3, -0.25) is 9.59 Å². The number of carbonyl (C=O) groups is 2. The van der Waals surface area contributed by atoms with Gasteiger partial charge in [-0.1, -0.05) is 42.5 Å². The van der Waals surface area contributed by atoms with E-state index >= 15 is 0 Å². The predicted octanol–water partition coefficient (Wildman–Crippen LogP) is 4.85. The number of hydrogen-bond donors (Lipinski definition) is 3. The van der Waals surface area contributed by atoms with Crippen molar-refractivity contribution in [2.24, 2.45) is 0 Å². The number of anilines is 3. The van der Waals surface area contributed by atoms with E-state index < -0.39 is 0 Å². The normalized spacial score (nSPS) is 10.9. The van der Waals surface area contributed by atoms with Crippen molar-refractivity contribution in [3.63, 3.8) is 0 Å². The summed E-state index contributed by atoms with van der Waals surface area (Å²) in [6, 6.07) is 24.9. The Bertz CT molecular complexity index is 1030. The fraction of sp³-hybridized carbons (Fsp3) is 0.0833. The van der Waals surface area contributed by atoms with Crippen molar-refractivity contribution >= 4 is 35.0 Å². The van der Waals surface area contributed by atoms with Gasteiger partial charge in [-0.2, -0.15) is 0 Å². The molecular formula is C24H23N3O2. The lowest BCUT2D eigenvalue weighted by molar-refractivity contribution is -0.120. The van der Waals surface area contributed by atoms with Crippen LogP contribution < -0.4 is 16.0 Å². The molecule has 0 spiro atoms. The van der Waals surface area contributed by atoms with Crippen molar-refractivity contribution in [1.82, 2.24) is 5.32 Å². The molecule has 0 aromatic heterocycles. The molecule has 0 aliphatic rings. The van der Waals surface area contributed by atoms with E-state index in [-0.39, 0.29) is 17.5 Å². The molecule has 5 heteroatoms. The van der Waals surface area contributed by atoms with Crippen molar-refractivity contribution in [2.45, 2.75) is 13.8 Å². The van der Waals surface area contributed by atoms with Gasteiger partial charge in [-0.25, -0.2) is 0 Å². The van der Waals surface area contributed by atoms with Gasteiger partial charge in [0.25, 0.3) is 5.91 Å². The van der Waals surface area contributed by atoms with E-state index in [2.05, 4.69) is 16.0 Å². The molecule has 2 amide bonds. The van der Waals surface area contributed by atoms with Gasteiger partial charge in [0.05, 0.1) is 0 Å². The summed E-state index contributed by atoms with van der Waals surface area (Å²) in [7, 11) is 0. The zero-order valence-corrected chi connectivity index (χ0v) is 16.4. The Morgan fingerprint density at radius 2 is 1.34 bits per heavy atom. The number of hydrogen-bond acceptors (Lipinski definition) is 3. The van der Waals surface area contributed by atoms with Gasteiger partial charge >= 0.3 is 0 Å². The fourth-order valence-corrected chi connectivity index (χ4v) is 2.78. The van der Waals surface area contributed by atoms with E-state index in [9.17, 15) is 9.59 Å². The summed E-state index contributed by atoms with van der Waals surface area (Å²) in [6.07, 6.45) is 1.68. The van der Waals surface area contributed by atoms with Gasteiger partial charge in [0.15, 0.2) is 0 Å². The molecule has 0 aliphatic heterocycles. The van der Waals surface area contributed by atoms with Gasteiger partial charge < -0.3 is 16.0 Å². The lowest BCUT2D eigenvalue weighted by atomic mass is 10.1. The van der Waals surface area contributed by atoms with Crippen molar-refractivity contribution in [3.05, 3.63) is 95.7 Å². The van der Waals surface area contributed by atoms with Crippen LogP contribution in [0.3, 0.4) is 0 Å². The van der Waals surface area contributed by atoms with Crippen molar-refractivity contribution in [1.29, 1.82) is 0 Å². The fourth-order valence-electron chi connectivity index (χ4n) is 2.78. The van der Waals surface area contributed by atoms with Gasteiger partial charge in [-0.15, -0.1) is 0 Å². The lowest BCUT2D eigenvalue weighted by Gasteiger charge is -2.12. The number of para-hydroxylation sites is 1. The topological polar surface area (TPSA) is 70.2 Å². The minimum atomic E-state index is -0.382. The second-order valence-electron chi connectivity index (χ2n) is 6.62. The van der Waals surface area contributed by atoms with Crippen LogP contribution in [-0.4, -0.2) is 11.8 Å². The first-order chi connectivity index (χ1) is 14.0. The third-order valence-electron chi connectivity index (χ3n) is 4.25. The molecule has 5 nitrogen and oxygen atoms in total. The molecule has 29 heavy (non-hydrogen) atoms. The molecular weight excluding hydrogens is 362 g/mol. The Kier molecular flexibility index (Phi) is 6.43. The SMILES string of the molecule is CC(=O)N/C(=C\c1ccccc1C)C(=O)Nc1ccc(Nc2ccccc2)cc1. The van der Waals surface area contributed by atoms with E-state index in [4.69, 9.17) is 0 Å². The number of amides is 2. The van der Waals surface area contributed by atoms with Crippen LogP contribution in [0.15, 0.2) is 84.6 Å². The maximum Gasteiger partial charge on any atom is 0.272 e. The first-order valence-corrected chi connectivity index (χ1v) is 9.29. The first kappa shape index (κ1) is 19.9. The van der Waals surface area contributed by atoms with Crippen LogP contribution >= 0.6 is 0 Å². The monoisotopic (exact) mass is 385 g/mol. The van der Waals surface area contributed by atoms with E-state index in [1.165, 1.54) is 6.92 Å². The third-order valence-corrected chi connectivity index (χ3v) is 4.25. The molecule has 0 atom stereocenters. The largest absolute Gasteiger partial charge is 0.356 e. The average Bonchev–Trinajstić information content (AvgIpc) is 2.71. The summed E-state index contributed by atoms with van der Waals surface area (Å²) in [5.74, 6) is -0.686. The zero-order valence-electron chi connectivity index (χ0n) is 16.4. The highest BCUT2D eigenvalue weighted by Gasteiger charge is 2.12. The zero-order chi connectivity index (χ0) is 20.6. The van der Waals surface area contributed by atoms with Crippen LogP contribution in [0.5, 0.6) is 0 Å². The number of carbonyl (C=O) groups excluding carboxylic acids is 2. The molecule has 3 N–H and O–H groups in total. The highest BCUT2D eigenvalue weighted by molar-refractivity contribution is 6.08. The molecule has 3 aromatic rings. The van der Waals surface area contributed by atoms with Crippen LogP contribution in [0.4, 0.5) is 17.1 Å². The molecule has 146 valence electrons. The molecule has 0 unspecified atom stereocenters. The second kappa shape index (κ2) is 9.37. The third kappa shape index (κ3) is 5.81. The van der Waals surface area contributed by atoms with Crippen molar-refractivity contribution < 1.29 is 9.59 Å². The van der Waals surface area contributed by atoms with E-state index in [0.29, 0.717) is 5.69 Å². The van der Waals surface area contributed by atoms with Crippen molar-refractivity contribution in [3.8, 4) is 0 Å². The Hall–Kier alpha value is -3.86. The molecule has 3 aromatic carbocycles. The standard InChI is InChI=1S/C24H23N3O2/c1-17-8-6-7-9-19(17)16-23(25-18(2)28)24(29)27-22-14-12-21(13-15-22)26-20-10-4-3-5-11-20/h3-16,26H,1-2H3,(H,25,28)(H,27,29)/b23-16-. The Morgan fingerprint density at radius 3 is 2.00 bits per heavy atom. The van der Waals surface area contributed by atoms with Crippen LogP contribution in [0.2, 0.25) is 0 Å². The molecule has 3 rings (SSSR count). The Labute approximate surface area is 170 Å². The van der Waals surface area contributed by atoms with Gasteiger partial charge in [0.1, 0.15) is 5.70 Å². The highest BCUT2D eigenvalue weighted by Crippen LogP contribution is 2.19. The molecule has 0 radical (unpaired) electrons. The number of rotatable bonds is 6. The highest BCUT2D eigenvalue weighted by atomic mass is 16.2. The van der Waals surface area contributed by atoms with Gasteiger partial charge in [0, 0.05) is 24.0 Å². The van der Waals surface area contributed by atoms with Crippen molar-refractivity contribution in [2.75, 3.05) is 10.6 Å². The number of aryl methyl sites for hydroxylation is 1. The van der Waals surface area contributed by atoms with E-state index in [1.807, 2.05) is 85.8 Å². The molecule has 0 heterocycles. The second-order valence-corrected chi connectivity index (χ2v) is 6.62. The number of benzene rings is 3. The lowest BCUT2D eigenvalue weighted by Crippen LogP contribution is -2.29. The summed E-state index contributed by atoms with van der Waals surface area (Å²) in [4.78, 5) is 24.3. The van der Waals surface area contributed by atoms with Gasteiger partial charge in [-0.05, 0) is 60.5 Å². The molecule has 0 saturated carbocycles. The summed E-state index contributed by atoms with van der Waals surface area (Å²) in [5.41, 5.74) is 4.60. The molecule has 0 aliphatic carbocycles. The van der Waals surface area contributed by atoms with Crippen LogP contribution in [0.25, 0.3) is 6.08 Å². The van der Waals surface area contributed by atoms with Gasteiger partial charge in [0.2, 0.25) is 5.91 Å². The van der Waals surface area contributed by atoms with Crippen LogP contribution in [0, 0.1) is 6.92 Å². The maximum atomic E-state index is 12.7. The minimum Gasteiger partial charge on any atom is -0.356 e. The molecule has 0 saturated heterocycles. The first-order valence-electron chi connectivity index (χ1n) is 9.29. The maximum absolute atomic E-state index is 12.7. The van der Waals surface area contributed by atoms with E-state index in [0.717, 1.165) is 22.5 Å². The van der Waals surface area contributed by atoms with Crippen LogP contribution in [-0.2, 0) is 9.59 Å². The molecule has 0 bridgehead atoms. The smallest absolute Gasteiger partial charge is 0.272 e. The molecule has 0 fully saturated rings. The quantitative estimate of drug-likeness (QED) is 0.531. The van der Waals surface area contributed by atoms with E-state index in [1.54, 1.807) is 6.08 Å². The summed E-state index contributed by atoms with van der Waals surface area (Å²) >= 11 is 0. The summed E-state index contributed by atoms with van der Waals surface area (Å²) in [6.45, 7) is 3.33. The predicted molar refractivity (Wildman–Crippen MR) is 118 cm³/mol. The average molecular weight is 385 g/mol. The summed E-state index contributed by atoms with van der Waals surface area (Å²) in [5, 5.41) is 8.74. The number of nitrogens with one attached hydrogen (secondary N) is 3.